The van der Waals surface area contributed by atoms with Gasteiger partial charge in [-0.25, -0.2) is 9.97 Å². The fourth-order valence-corrected chi connectivity index (χ4v) is 2.71. The van der Waals surface area contributed by atoms with Crippen molar-refractivity contribution in [2.45, 2.75) is 0 Å². The van der Waals surface area contributed by atoms with Crippen LogP contribution in [0.5, 0.6) is 11.6 Å². The van der Waals surface area contributed by atoms with Crippen LogP contribution >= 0.6 is 0 Å². The summed E-state index contributed by atoms with van der Waals surface area (Å²) >= 11 is 0. The Balaban J connectivity index is 1.62. The molecule has 0 fully saturated rings. The monoisotopic (exact) mass is 356 g/mol. The van der Waals surface area contributed by atoms with Crippen LogP contribution in [-0.2, 0) is 4.79 Å². The third-order valence-corrected chi connectivity index (χ3v) is 4.03. The largest absolute Gasteiger partial charge is 0.439 e. The van der Waals surface area contributed by atoms with E-state index in [0.29, 0.717) is 5.88 Å². The number of nitrogens with two attached hydrogens (primary N) is 1. The Morgan fingerprint density at radius 1 is 1.04 bits per heavy atom. The second-order valence-electron chi connectivity index (χ2n) is 5.90. The molecule has 0 radical (unpaired) electrons. The summed E-state index contributed by atoms with van der Waals surface area (Å²) in [6.45, 7) is 0. The number of pyridine rings is 2. The van der Waals surface area contributed by atoms with Crippen molar-refractivity contribution in [2.75, 3.05) is 0 Å². The van der Waals surface area contributed by atoms with Gasteiger partial charge in [0.05, 0.1) is 0 Å². The maximum Gasteiger partial charge on any atom is 0.241 e. The van der Waals surface area contributed by atoms with Gasteiger partial charge in [0, 0.05) is 52.8 Å². The number of hydrogen-bond acceptors (Lipinski definition) is 4. The molecule has 0 bridgehead atoms. The van der Waals surface area contributed by atoms with E-state index in [-0.39, 0.29) is 0 Å². The van der Waals surface area contributed by atoms with Crippen LogP contribution in [0.3, 0.4) is 0 Å². The van der Waals surface area contributed by atoms with Gasteiger partial charge in [-0.1, -0.05) is 18.2 Å². The van der Waals surface area contributed by atoms with Gasteiger partial charge in [-0.15, -0.1) is 0 Å². The van der Waals surface area contributed by atoms with Gasteiger partial charge < -0.3 is 15.5 Å². The Hall–Kier alpha value is -3.93. The van der Waals surface area contributed by atoms with E-state index in [1.54, 1.807) is 24.7 Å². The summed E-state index contributed by atoms with van der Waals surface area (Å²) < 4.78 is 5.72. The standard InChI is InChI=1S/C21H16N4O2/c22-19(26)8-6-15-12-24-21-18(15)10-16(13-25-21)14-7-9-20(23-11-14)27-17-4-2-1-3-5-17/h1-13H,(H2,22,26)(H,24,25). The zero-order chi connectivity index (χ0) is 18.6. The first-order chi connectivity index (χ1) is 13.2. The fraction of sp³-hybridized carbons (Fsp3) is 0. The van der Waals surface area contributed by atoms with Gasteiger partial charge in [0.2, 0.25) is 11.8 Å². The van der Waals surface area contributed by atoms with Crippen molar-refractivity contribution in [2.24, 2.45) is 5.73 Å². The highest BCUT2D eigenvalue weighted by Crippen LogP contribution is 2.27. The first kappa shape index (κ1) is 16.5. The summed E-state index contributed by atoms with van der Waals surface area (Å²) in [5, 5.41) is 0.898. The molecule has 0 aliphatic carbocycles. The molecular formula is C21H16N4O2. The lowest BCUT2D eigenvalue weighted by atomic mass is 10.1. The van der Waals surface area contributed by atoms with Gasteiger partial charge in [0.1, 0.15) is 11.4 Å². The lowest BCUT2D eigenvalue weighted by Gasteiger charge is -2.06. The second kappa shape index (κ2) is 7.13. The Morgan fingerprint density at radius 3 is 2.59 bits per heavy atom. The van der Waals surface area contributed by atoms with E-state index in [0.717, 1.165) is 33.5 Å². The van der Waals surface area contributed by atoms with Gasteiger partial charge in [0.25, 0.3) is 0 Å². The summed E-state index contributed by atoms with van der Waals surface area (Å²) in [5.74, 6) is 0.761. The number of nitrogens with zero attached hydrogens (tertiary/aromatic N) is 2. The number of aromatic amines is 1. The fourth-order valence-electron chi connectivity index (χ4n) is 2.71. The van der Waals surface area contributed by atoms with Crippen molar-refractivity contribution in [1.82, 2.24) is 15.0 Å². The minimum Gasteiger partial charge on any atom is -0.439 e. The normalized spacial score (nSPS) is 11.1. The summed E-state index contributed by atoms with van der Waals surface area (Å²) in [5.41, 5.74) is 8.57. The lowest BCUT2D eigenvalue weighted by molar-refractivity contribution is -0.113. The number of carbonyl (C=O) groups excluding carboxylic acids is 1. The number of amides is 1. The average Bonchev–Trinajstić information content (AvgIpc) is 3.10. The van der Waals surface area contributed by atoms with Crippen LogP contribution in [0.1, 0.15) is 5.56 Å². The molecule has 6 heteroatoms. The lowest BCUT2D eigenvalue weighted by Crippen LogP contribution is -2.04. The van der Waals surface area contributed by atoms with Gasteiger partial charge in [-0.3, -0.25) is 4.79 Å². The first-order valence-corrected chi connectivity index (χ1v) is 8.33. The zero-order valence-electron chi connectivity index (χ0n) is 14.3. The van der Waals surface area contributed by atoms with E-state index >= 15 is 0 Å². The van der Waals surface area contributed by atoms with Crippen LogP contribution in [0.4, 0.5) is 0 Å². The number of rotatable bonds is 5. The predicted molar refractivity (Wildman–Crippen MR) is 104 cm³/mol. The van der Waals surface area contributed by atoms with Gasteiger partial charge in [0.15, 0.2) is 0 Å². The molecular weight excluding hydrogens is 340 g/mol. The Morgan fingerprint density at radius 2 is 1.85 bits per heavy atom. The van der Waals surface area contributed by atoms with Crippen LogP contribution in [0.25, 0.3) is 28.2 Å². The summed E-state index contributed by atoms with van der Waals surface area (Å²) in [6.07, 6.45) is 8.30. The van der Waals surface area contributed by atoms with Crippen LogP contribution in [0.2, 0.25) is 0 Å². The second-order valence-corrected chi connectivity index (χ2v) is 5.90. The topological polar surface area (TPSA) is 93.9 Å². The Labute approximate surface area is 155 Å². The highest BCUT2D eigenvalue weighted by molar-refractivity contribution is 5.95. The molecule has 0 saturated heterocycles. The number of para-hydroxylation sites is 1. The molecule has 6 nitrogen and oxygen atoms in total. The average molecular weight is 356 g/mol. The molecule has 0 atom stereocenters. The quantitative estimate of drug-likeness (QED) is 0.530. The molecule has 27 heavy (non-hydrogen) atoms. The van der Waals surface area contributed by atoms with Crippen LogP contribution in [-0.4, -0.2) is 20.9 Å². The van der Waals surface area contributed by atoms with Crippen LogP contribution < -0.4 is 10.5 Å². The Kier molecular flexibility index (Phi) is 4.37. The summed E-state index contributed by atoms with van der Waals surface area (Å²) in [6, 6.07) is 15.2. The van der Waals surface area contributed by atoms with Crippen molar-refractivity contribution >= 4 is 23.0 Å². The van der Waals surface area contributed by atoms with Gasteiger partial charge >= 0.3 is 0 Å². The molecule has 0 saturated carbocycles. The number of hydrogen-bond donors (Lipinski definition) is 2. The molecule has 4 aromatic rings. The third kappa shape index (κ3) is 3.69. The SMILES string of the molecule is NC(=O)C=Cc1c[nH]c2ncc(-c3ccc(Oc4ccccc4)nc3)cc12. The number of H-pyrrole nitrogens is 1. The molecule has 3 N–H and O–H groups in total. The molecule has 0 aliphatic rings. The third-order valence-electron chi connectivity index (χ3n) is 4.03. The minimum atomic E-state index is -0.494. The predicted octanol–water partition coefficient (Wildman–Crippen LogP) is 3.92. The number of primary amides is 1. The summed E-state index contributed by atoms with van der Waals surface area (Å²) in [7, 11) is 0. The molecule has 132 valence electrons. The van der Waals surface area contributed by atoms with Gasteiger partial charge in [-0.05, 0) is 30.3 Å². The van der Waals surface area contributed by atoms with E-state index in [1.165, 1.54) is 6.08 Å². The number of ether oxygens (including phenoxy) is 1. The molecule has 0 aliphatic heterocycles. The smallest absolute Gasteiger partial charge is 0.241 e. The molecule has 0 unspecified atom stereocenters. The van der Waals surface area contributed by atoms with Gasteiger partial charge in [-0.2, -0.15) is 0 Å². The van der Waals surface area contributed by atoms with Crippen LogP contribution in [0.15, 0.2) is 73.2 Å². The number of benzene rings is 1. The number of aromatic nitrogens is 3. The van der Waals surface area contributed by atoms with Crippen LogP contribution in [0, 0.1) is 0 Å². The molecule has 1 aromatic carbocycles. The van der Waals surface area contributed by atoms with Crippen molar-refractivity contribution in [3.05, 3.63) is 78.8 Å². The number of fused-ring (bicyclic) bond motifs is 1. The maximum absolute atomic E-state index is 11.0. The number of carbonyl (C=O) groups is 1. The minimum absolute atomic E-state index is 0.494. The Bertz CT molecular complexity index is 1120. The van der Waals surface area contributed by atoms with Crippen molar-refractivity contribution < 1.29 is 9.53 Å². The molecule has 4 rings (SSSR count). The number of nitrogens with one attached hydrogen (secondary N) is 1. The maximum atomic E-state index is 11.0. The molecule has 1 amide bonds. The van der Waals surface area contributed by atoms with E-state index < -0.39 is 5.91 Å². The van der Waals surface area contributed by atoms with Crippen molar-refractivity contribution in [3.8, 4) is 22.8 Å². The highest BCUT2D eigenvalue weighted by Gasteiger charge is 2.07. The van der Waals surface area contributed by atoms with Crippen molar-refractivity contribution in [3.63, 3.8) is 0 Å². The van der Waals surface area contributed by atoms with Crippen molar-refractivity contribution in [1.29, 1.82) is 0 Å². The van der Waals surface area contributed by atoms with E-state index in [1.807, 2.05) is 48.5 Å². The molecule has 0 spiro atoms. The van der Waals surface area contributed by atoms with E-state index in [9.17, 15) is 4.79 Å². The van der Waals surface area contributed by atoms with E-state index in [4.69, 9.17) is 10.5 Å². The highest BCUT2D eigenvalue weighted by atomic mass is 16.5. The molecule has 3 aromatic heterocycles. The summed E-state index contributed by atoms with van der Waals surface area (Å²) in [4.78, 5) is 22.8. The zero-order valence-corrected chi connectivity index (χ0v) is 14.3. The molecule has 3 heterocycles. The first-order valence-electron chi connectivity index (χ1n) is 8.33. The van der Waals surface area contributed by atoms with E-state index in [2.05, 4.69) is 15.0 Å².